The van der Waals surface area contributed by atoms with Crippen LogP contribution in [0.15, 0.2) is 0 Å². The maximum absolute atomic E-state index is 12.3. The molecule has 10 heteroatoms. The van der Waals surface area contributed by atoms with E-state index in [1.165, 1.54) is 0 Å². The largest absolute Gasteiger partial charge is 0.480 e. The number of amides is 1. The highest BCUT2D eigenvalue weighted by molar-refractivity contribution is 5.93. The van der Waals surface area contributed by atoms with Crippen LogP contribution in [0.1, 0.15) is 11.4 Å². The summed E-state index contributed by atoms with van der Waals surface area (Å²) in [6, 6.07) is 0. The summed E-state index contributed by atoms with van der Waals surface area (Å²) in [5.74, 6) is -2.18. The Morgan fingerprint density at radius 2 is 1.95 bits per heavy atom. The van der Waals surface area contributed by atoms with Gasteiger partial charge in [0.2, 0.25) is 5.91 Å². The number of carboxylic acids is 1. The van der Waals surface area contributed by atoms with Crippen molar-refractivity contribution in [3.63, 3.8) is 0 Å². The summed E-state index contributed by atoms with van der Waals surface area (Å²) in [5.41, 5.74) is 1.42. The minimum Gasteiger partial charge on any atom is -0.480 e. The molecule has 1 heterocycles. The molecule has 118 valence electrons. The van der Waals surface area contributed by atoms with Crippen molar-refractivity contribution in [3.8, 4) is 0 Å². The first-order chi connectivity index (χ1) is 9.58. The van der Waals surface area contributed by atoms with E-state index in [1.54, 1.807) is 13.8 Å². The molecule has 0 saturated carbocycles. The second kappa shape index (κ2) is 6.57. The topological polar surface area (TPSA) is 98.3 Å². The Hall–Kier alpha value is -2.10. The molecular weight excluding hydrogens is 293 g/mol. The van der Waals surface area contributed by atoms with Crippen LogP contribution >= 0.6 is 0 Å². The van der Waals surface area contributed by atoms with E-state index in [0.717, 1.165) is 0 Å². The molecular formula is C11H15F3N4O3. The third-order valence-electron chi connectivity index (χ3n) is 2.52. The molecule has 1 amide bonds. The van der Waals surface area contributed by atoms with Crippen LogP contribution in [0.4, 0.5) is 18.9 Å². The van der Waals surface area contributed by atoms with Gasteiger partial charge in [-0.15, -0.1) is 0 Å². The van der Waals surface area contributed by atoms with Crippen molar-refractivity contribution in [2.24, 2.45) is 0 Å². The molecule has 0 aromatic carbocycles. The zero-order valence-corrected chi connectivity index (χ0v) is 11.4. The Bertz CT molecular complexity index is 508. The number of nitrogens with one attached hydrogen (secondary N) is 2. The number of anilines is 1. The van der Waals surface area contributed by atoms with Crippen LogP contribution in [-0.4, -0.2) is 57.9 Å². The molecule has 0 unspecified atom stereocenters. The molecule has 3 N–H and O–H groups in total. The minimum absolute atomic E-state index is 0.377. The molecule has 1 rings (SSSR count). The number of alkyl halides is 3. The third-order valence-corrected chi connectivity index (χ3v) is 2.52. The molecule has 0 aliphatic rings. The highest BCUT2D eigenvalue weighted by Crippen LogP contribution is 2.18. The number of halogens is 3. The van der Waals surface area contributed by atoms with Gasteiger partial charge in [0.05, 0.1) is 36.7 Å². The fraction of sp³-hybridized carbons (Fsp3) is 0.545. The van der Waals surface area contributed by atoms with Gasteiger partial charge in [-0.3, -0.25) is 19.6 Å². The molecule has 0 aliphatic carbocycles. The number of hydrogen-bond acceptors (Lipinski definition) is 4. The summed E-state index contributed by atoms with van der Waals surface area (Å²) >= 11 is 0. The Morgan fingerprint density at radius 1 is 1.33 bits per heavy atom. The number of carboxylic acid groups (broad SMARTS) is 1. The summed E-state index contributed by atoms with van der Waals surface area (Å²) in [7, 11) is 0. The van der Waals surface area contributed by atoms with Gasteiger partial charge in [0.1, 0.15) is 0 Å². The number of aromatic nitrogens is 2. The lowest BCUT2D eigenvalue weighted by atomic mass is 10.3. The number of nitrogens with zero attached hydrogens (tertiary/aromatic N) is 2. The fourth-order valence-electron chi connectivity index (χ4n) is 1.73. The van der Waals surface area contributed by atoms with Crippen LogP contribution < -0.4 is 5.32 Å². The summed E-state index contributed by atoms with van der Waals surface area (Å²) in [5, 5.41) is 17.4. The molecule has 0 atom stereocenters. The van der Waals surface area contributed by atoms with Crippen molar-refractivity contribution in [1.29, 1.82) is 0 Å². The number of carbonyl (C=O) groups is 2. The monoisotopic (exact) mass is 308 g/mol. The number of H-pyrrole nitrogens is 1. The van der Waals surface area contributed by atoms with E-state index >= 15 is 0 Å². The molecule has 0 fully saturated rings. The molecule has 0 spiro atoms. The van der Waals surface area contributed by atoms with Gasteiger partial charge >= 0.3 is 12.1 Å². The lowest BCUT2D eigenvalue weighted by Gasteiger charge is -2.21. The van der Waals surface area contributed by atoms with E-state index < -0.39 is 37.7 Å². The van der Waals surface area contributed by atoms with E-state index in [1.807, 2.05) is 0 Å². The van der Waals surface area contributed by atoms with Crippen LogP contribution in [0.3, 0.4) is 0 Å². The van der Waals surface area contributed by atoms with Crippen LogP contribution in [0.5, 0.6) is 0 Å². The average molecular weight is 308 g/mol. The minimum atomic E-state index is -4.59. The molecule has 0 bridgehead atoms. The molecule has 1 aromatic heterocycles. The maximum Gasteiger partial charge on any atom is 0.401 e. The zero-order valence-electron chi connectivity index (χ0n) is 11.4. The van der Waals surface area contributed by atoms with E-state index in [2.05, 4.69) is 15.5 Å². The molecule has 0 saturated heterocycles. The van der Waals surface area contributed by atoms with E-state index in [0.29, 0.717) is 22.0 Å². The van der Waals surface area contributed by atoms with Crippen molar-refractivity contribution in [2.75, 3.05) is 25.0 Å². The molecule has 7 nitrogen and oxygen atoms in total. The maximum atomic E-state index is 12.3. The van der Waals surface area contributed by atoms with Gasteiger partial charge in [0.25, 0.3) is 0 Å². The summed E-state index contributed by atoms with van der Waals surface area (Å²) in [4.78, 5) is 22.8. The van der Waals surface area contributed by atoms with Crippen molar-refractivity contribution >= 4 is 17.6 Å². The number of rotatable bonds is 6. The van der Waals surface area contributed by atoms with Crippen molar-refractivity contribution in [3.05, 3.63) is 11.4 Å². The number of hydrogen-bond donors (Lipinski definition) is 3. The highest BCUT2D eigenvalue weighted by Gasteiger charge is 2.32. The standard InChI is InChI=1S/C11H15F3N4O3/c1-6-10(7(2)17-16-6)15-8(19)3-18(4-9(20)21)5-11(12,13)14/h3-5H2,1-2H3,(H,15,19)(H,16,17)(H,20,21). The predicted molar refractivity (Wildman–Crippen MR) is 66.8 cm³/mol. The second-order valence-electron chi connectivity index (χ2n) is 4.51. The number of carbonyl (C=O) groups excluding carboxylic acids is 1. The summed E-state index contributed by atoms with van der Waals surface area (Å²) < 4.78 is 37.0. The predicted octanol–water partition coefficient (Wildman–Crippen LogP) is 0.914. The number of aryl methyl sites for hydroxylation is 2. The Kier molecular flexibility index (Phi) is 5.30. The number of aromatic amines is 1. The summed E-state index contributed by atoms with van der Waals surface area (Å²) in [6.07, 6.45) is -4.59. The number of aliphatic carboxylic acids is 1. The normalized spacial score (nSPS) is 11.7. The lowest BCUT2D eigenvalue weighted by molar-refractivity contribution is -0.154. The fourth-order valence-corrected chi connectivity index (χ4v) is 1.73. The van der Waals surface area contributed by atoms with Crippen LogP contribution in [-0.2, 0) is 9.59 Å². The quantitative estimate of drug-likeness (QED) is 0.726. The van der Waals surface area contributed by atoms with Crippen LogP contribution in [0.25, 0.3) is 0 Å². The smallest absolute Gasteiger partial charge is 0.401 e. The first kappa shape index (κ1) is 17.0. The Balaban J connectivity index is 2.69. The van der Waals surface area contributed by atoms with Gasteiger partial charge in [-0.2, -0.15) is 18.3 Å². The molecule has 1 aromatic rings. The van der Waals surface area contributed by atoms with Crippen molar-refractivity contribution in [1.82, 2.24) is 15.1 Å². The Labute approximate surface area is 118 Å². The SMILES string of the molecule is Cc1n[nH]c(C)c1NC(=O)CN(CC(=O)O)CC(F)(F)F. The van der Waals surface area contributed by atoms with Crippen LogP contribution in [0.2, 0.25) is 0 Å². The van der Waals surface area contributed by atoms with Gasteiger partial charge in [-0.25, -0.2) is 0 Å². The van der Waals surface area contributed by atoms with Gasteiger partial charge in [0, 0.05) is 0 Å². The third kappa shape index (κ3) is 5.81. The van der Waals surface area contributed by atoms with Gasteiger partial charge in [-0.05, 0) is 13.8 Å². The zero-order chi connectivity index (χ0) is 16.2. The molecule has 21 heavy (non-hydrogen) atoms. The first-order valence-electron chi connectivity index (χ1n) is 5.91. The van der Waals surface area contributed by atoms with Gasteiger partial charge in [0.15, 0.2) is 0 Å². The average Bonchev–Trinajstić information content (AvgIpc) is 2.57. The molecule has 0 radical (unpaired) electrons. The van der Waals surface area contributed by atoms with Crippen molar-refractivity contribution in [2.45, 2.75) is 20.0 Å². The van der Waals surface area contributed by atoms with Crippen LogP contribution in [0, 0.1) is 13.8 Å². The van der Waals surface area contributed by atoms with Crippen molar-refractivity contribution < 1.29 is 27.9 Å². The van der Waals surface area contributed by atoms with E-state index in [4.69, 9.17) is 5.11 Å². The van der Waals surface area contributed by atoms with E-state index in [9.17, 15) is 22.8 Å². The van der Waals surface area contributed by atoms with E-state index in [-0.39, 0.29) is 0 Å². The van der Waals surface area contributed by atoms with Gasteiger partial charge in [-0.1, -0.05) is 0 Å². The molecule has 0 aliphatic heterocycles. The highest BCUT2D eigenvalue weighted by atomic mass is 19.4. The lowest BCUT2D eigenvalue weighted by Crippen LogP contribution is -2.42. The van der Waals surface area contributed by atoms with Gasteiger partial charge < -0.3 is 10.4 Å². The first-order valence-corrected chi connectivity index (χ1v) is 5.91. The Morgan fingerprint density at radius 3 is 2.38 bits per heavy atom. The second-order valence-corrected chi connectivity index (χ2v) is 4.51. The summed E-state index contributed by atoms with van der Waals surface area (Å²) in [6.45, 7) is 0.215.